The zero-order valence-electron chi connectivity index (χ0n) is 13.9. The molecule has 0 aliphatic heterocycles. The molecular weight excluding hydrogens is 330 g/mol. The lowest BCUT2D eigenvalue weighted by molar-refractivity contribution is -0.127. The normalized spacial score (nSPS) is 15.5. The number of aryl methyl sites for hydroxylation is 2. The van der Waals surface area contributed by atoms with E-state index in [2.05, 4.69) is 0 Å². The highest BCUT2D eigenvalue weighted by Gasteiger charge is 2.23. The molecule has 0 spiro atoms. The fourth-order valence-electron chi connectivity index (χ4n) is 2.94. The summed E-state index contributed by atoms with van der Waals surface area (Å²) in [4.78, 5) is 33.3. The standard InChI is InChI=1S/C16H21N3O2S2/c1-9(14(20)18(2)3)22-16-17-13-12(15(21)19(16)4)10-7-5-6-8-11(10)23-13/h9H,5-8H2,1-4H3/t9-/m1/s1. The first-order valence-electron chi connectivity index (χ1n) is 7.79. The summed E-state index contributed by atoms with van der Waals surface area (Å²) in [5.74, 6) is 0.0230. The van der Waals surface area contributed by atoms with Crippen molar-refractivity contribution in [1.29, 1.82) is 0 Å². The number of thioether (sulfide) groups is 1. The van der Waals surface area contributed by atoms with Gasteiger partial charge < -0.3 is 4.90 Å². The van der Waals surface area contributed by atoms with Crippen LogP contribution in [0, 0.1) is 0 Å². The highest BCUT2D eigenvalue weighted by molar-refractivity contribution is 8.00. The zero-order chi connectivity index (χ0) is 16.7. The van der Waals surface area contributed by atoms with E-state index >= 15 is 0 Å². The lowest BCUT2D eigenvalue weighted by Crippen LogP contribution is -2.30. The first-order valence-corrected chi connectivity index (χ1v) is 9.49. The van der Waals surface area contributed by atoms with E-state index < -0.39 is 0 Å². The smallest absolute Gasteiger partial charge is 0.262 e. The molecule has 3 rings (SSSR count). The molecule has 0 fully saturated rings. The Balaban J connectivity index is 2.04. The number of aromatic nitrogens is 2. The van der Waals surface area contributed by atoms with Gasteiger partial charge in [0.25, 0.3) is 5.56 Å². The monoisotopic (exact) mass is 351 g/mol. The molecule has 0 bridgehead atoms. The van der Waals surface area contributed by atoms with Gasteiger partial charge in [0.1, 0.15) is 4.83 Å². The molecule has 0 saturated carbocycles. The Labute approximate surface area is 143 Å². The third-order valence-corrected chi connectivity index (χ3v) is 6.54. The Hall–Kier alpha value is -1.34. The van der Waals surface area contributed by atoms with Gasteiger partial charge in [0.15, 0.2) is 5.16 Å². The minimum Gasteiger partial charge on any atom is -0.348 e. The number of thiophene rings is 1. The maximum atomic E-state index is 12.8. The Morgan fingerprint density at radius 2 is 2.04 bits per heavy atom. The molecule has 1 aliphatic rings. The Bertz CT molecular complexity index is 823. The summed E-state index contributed by atoms with van der Waals surface area (Å²) in [6.07, 6.45) is 4.37. The van der Waals surface area contributed by atoms with Gasteiger partial charge in [-0.15, -0.1) is 11.3 Å². The number of rotatable bonds is 3. The van der Waals surface area contributed by atoms with Crippen molar-refractivity contribution in [2.45, 2.75) is 43.0 Å². The average molecular weight is 351 g/mol. The van der Waals surface area contributed by atoms with Crippen molar-refractivity contribution in [2.75, 3.05) is 14.1 Å². The van der Waals surface area contributed by atoms with Gasteiger partial charge in [-0.1, -0.05) is 11.8 Å². The van der Waals surface area contributed by atoms with Crippen LogP contribution >= 0.6 is 23.1 Å². The van der Waals surface area contributed by atoms with E-state index in [-0.39, 0.29) is 16.7 Å². The average Bonchev–Trinajstić information content (AvgIpc) is 2.89. The van der Waals surface area contributed by atoms with Crippen LogP contribution in [0.25, 0.3) is 10.2 Å². The van der Waals surface area contributed by atoms with E-state index in [1.165, 1.54) is 28.6 Å². The van der Waals surface area contributed by atoms with E-state index in [9.17, 15) is 9.59 Å². The lowest BCUT2D eigenvalue weighted by atomic mass is 9.97. The molecule has 0 aromatic carbocycles. The molecule has 1 amide bonds. The van der Waals surface area contributed by atoms with Crippen molar-refractivity contribution in [1.82, 2.24) is 14.5 Å². The molecule has 0 radical (unpaired) electrons. The molecule has 1 aliphatic carbocycles. The van der Waals surface area contributed by atoms with Gasteiger partial charge >= 0.3 is 0 Å². The minimum absolute atomic E-state index is 0.0152. The first-order chi connectivity index (χ1) is 10.9. The molecule has 2 aromatic rings. The minimum atomic E-state index is -0.268. The van der Waals surface area contributed by atoms with E-state index in [1.807, 2.05) is 6.92 Å². The van der Waals surface area contributed by atoms with Crippen molar-refractivity contribution in [2.24, 2.45) is 7.05 Å². The molecule has 0 unspecified atom stereocenters. The number of amides is 1. The van der Waals surface area contributed by atoms with Gasteiger partial charge in [-0.3, -0.25) is 14.2 Å². The Morgan fingerprint density at radius 1 is 1.35 bits per heavy atom. The predicted octanol–water partition coefficient (Wildman–Crippen LogP) is 2.44. The molecule has 5 nitrogen and oxygen atoms in total. The SMILES string of the molecule is C[C@@H](Sc1nc2sc3c(c2c(=O)n1C)CCCC3)C(=O)N(C)C. The van der Waals surface area contributed by atoms with Crippen molar-refractivity contribution in [3.05, 3.63) is 20.8 Å². The topological polar surface area (TPSA) is 55.2 Å². The van der Waals surface area contributed by atoms with Gasteiger partial charge in [0, 0.05) is 26.0 Å². The zero-order valence-corrected chi connectivity index (χ0v) is 15.5. The van der Waals surface area contributed by atoms with Gasteiger partial charge in [-0.2, -0.15) is 0 Å². The lowest BCUT2D eigenvalue weighted by Gasteiger charge is -2.17. The molecule has 0 N–H and O–H groups in total. The summed E-state index contributed by atoms with van der Waals surface area (Å²) in [5.41, 5.74) is 1.22. The van der Waals surface area contributed by atoms with E-state index in [0.29, 0.717) is 5.16 Å². The van der Waals surface area contributed by atoms with Gasteiger partial charge in [-0.25, -0.2) is 4.98 Å². The van der Waals surface area contributed by atoms with E-state index in [0.717, 1.165) is 29.5 Å². The van der Waals surface area contributed by atoms with E-state index in [4.69, 9.17) is 4.98 Å². The molecule has 23 heavy (non-hydrogen) atoms. The molecule has 2 heterocycles. The van der Waals surface area contributed by atoms with Gasteiger partial charge in [0.2, 0.25) is 5.91 Å². The number of nitrogens with zero attached hydrogens (tertiary/aromatic N) is 3. The highest BCUT2D eigenvalue weighted by Crippen LogP contribution is 2.35. The first kappa shape index (κ1) is 16.5. The summed E-state index contributed by atoms with van der Waals surface area (Å²) in [6, 6.07) is 0. The molecular formula is C16H21N3O2S2. The maximum absolute atomic E-state index is 12.8. The second kappa shape index (κ2) is 6.28. The fraction of sp³-hybridized carbons (Fsp3) is 0.562. The van der Waals surface area contributed by atoms with Gasteiger partial charge in [0.05, 0.1) is 10.6 Å². The van der Waals surface area contributed by atoms with Crippen molar-refractivity contribution >= 4 is 39.2 Å². The van der Waals surface area contributed by atoms with Crippen LogP contribution in [-0.2, 0) is 24.7 Å². The predicted molar refractivity (Wildman–Crippen MR) is 95.5 cm³/mol. The largest absolute Gasteiger partial charge is 0.348 e. The van der Waals surface area contributed by atoms with Crippen molar-refractivity contribution in [3.63, 3.8) is 0 Å². The molecule has 2 aromatic heterocycles. The van der Waals surface area contributed by atoms with Crippen LogP contribution in [0.5, 0.6) is 0 Å². The molecule has 0 saturated heterocycles. The summed E-state index contributed by atoms with van der Waals surface area (Å²) in [5, 5.41) is 1.14. The Morgan fingerprint density at radius 3 is 2.74 bits per heavy atom. The van der Waals surface area contributed by atoms with E-state index in [1.54, 1.807) is 41.9 Å². The molecule has 1 atom stereocenters. The van der Waals surface area contributed by atoms with Crippen LogP contribution in [0.3, 0.4) is 0 Å². The van der Waals surface area contributed by atoms with Crippen LogP contribution in [0.15, 0.2) is 9.95 Å². The maximum Gasteiger partial charge on any atom is 0.262 e. The number of hydrogen-bond acceptors (Lipinski definition) is 5. The fourth-order valence-corrected chi connectivity index (χ4v) is 5.27. The number of hydrogen-bond donors (Lipinski definition) is 0. The van der Waals surface area contributed by atoms with Crippen molar-refractivity contribution in [3.8, 4) is 0 Å². The number of carbonyl (C=O) groups excluding carboxylic acids is 1. The summed E-state index contributed by atoms with van der Waals surface area (Å²) >= 11 is 2.99. The number of fused-ring (bicyclic) bond motifs is 3. The molecule has 124 valence electrons. The third-order valence-electron chi connectivity index (χ3n) is 4.23. The van der Waals surface area contributed by atoms with Crippen LogP contribution in [-0.4, -0.2) is 39.7 Å². The van der Waals surface area contributed by atoms with Gasteiger partial charge in [-0.05, 0) is 38.2 Å². The Kier molecular flexibility index (Phi) is 4.51. The van der Waals surface area contributed by atoms with Crippen LogP contribution in [0.1, 0.15) is 30.2 Å². The highest BCUT2D eigenvalue weighted by atomic mass is 32.2. The van der Waals surface area contributed by atoms with Crippen LogP contribution in [0.2, 0.25) is 0 Å². The number of carbonyl (C=O) groups is 1. The van der Waals surface area contributed by atoms with Crippen LogP contribution in [0.4, 0.5) is 0 Å². The second-order valence-corrected chi connectivity index (χ2v) is 8.53. The third kappa shape index (κ3) is 2.92. The summed E-state index contributed by atoms with van der Waals surface area (Å²) in [7, 11) is 5.22. The summed E-state index contributed by atoms with van der Waals surface area (Å²) < 4.78 is 1.59. The van der Waals surface area contributed by atoms with Crippen LogP contribution < -0.4 is 5.56 Å². The quantitative estimate of drug-likeness (QED) is 0.630. The molecule has 7 heteroatoms. The van der Waals surface area contributed by atoms with Crippen molar-refractivity contribution < 1.29 is 4.79 Å². The second-order valence-electron chi connectivity index (χ2n) is 6.14. The summed E-state index contributed by atoms with van der Waals surface area (Å²) in [6.45, 7) is 1.85.